The number of amides is 1. The number of thioether (sulfide) groups is 1. The van der Waals surface area contributed by atoms with Crippen LogP contribution in [-0.4, -0.2) is 37.0 Å². The van der Waals surface area contributed by atoms with Gasteiger partial charge in [-0.3, -0.25) is 4.79 Å². The molecular weight excluding hydrogens is 256 g/mol. The van der Waals surface area contributed by atoms with Crippen LogP contribution in [0.4, 0.5) is 0 Å². The van der Waals surface area contributed by atoms with Gasteiger partial charge >= 0.3 is 0 Å². The molecule has 0 aliphatic rings. The van der Waals surface area contributed by atoms with Crippen LogP contribution in [0.25, 0.3) is 0 Å². The minimum Gasteiger partial charge on any atom is -0.354 e. The van der Waals surface area contributed by atoms with Crippen molar-refractivity contribution in [3.05, 3.63) is 0 Å². The fourth-order valence-electron chi connectivity index (χ4n) is 1.13. The van der Waals surface area contributed by atoms with Gasteiger partial charge in [-0.25, -0.2) is 0 Å². The Balaban J connectivity index is 0. The molecule has 0 atom stereocenters. The summed E-state index contributed by atoms with van der Waals surface area (Å²) in [6.45, 7) is 9.19. The van der Waals surface area contributed by atoms with Gasteiger partial charge in [0.25, 0.3) is 0 Å². The van der Waals surface area contributed by atoms with Crippen LogP contribution in [0.15, 0.2) is 0 Å². The molecule has 0 radical (unpaired) electrons. The summed E-state index contributed by atoms with van der Waals surface area (Å²) >= 11 is 1.73. The van der Waals surface area contributed by atoms with E-state index >= 15 is 0 Å². The van der Waals surface area contributed by atoms with E-state index in [0.717, 1.165) is 37.7 Å². The number of nitrogens with one attached hydrogen (secondary N) is 2. The average Bonchev–Trinajstić information content (AvgIpc) is 2.24. The molecule has 0 aromatic carbocycles. The predicted octanol–water partition coefficient (Wildman–Crippen LogP) is 2.30. The molecule has 0 aromatic heterocycles. The predicted molar refractivity (Wildman–Crippen MR) is 80.2 cm³/mol. The first-order valence-electron chi connectivity index (χ1n) is 6.22. The summed E-state index contributed by atoms with van der Waals surface area (Å²) < 4.78 is 0. The van der Waals surface area contributed by atoms with E-state index in [0.29, 0.717) is 5.75 Å². The van der Waals surface area contributed by atoms with Crippen molar-refractivity contribution in [2.75, 3.05) is 31.1 Å². The van der Waals surface area contributed by atoms with Gasteiger partial charge in [0, 0.05) is 13.1 Å². The van der Waals surface area contributed by atoms with Gasteiger partial charge in [-0.05, 0) is 31.1 Å². The van der Waals surface area contributed by atoms with Crippen LogP contribution in [0.5, 0.6) is 0 Å². The van der Waals surface area contributed by atoms with Crippen LogP contribution in [0.1, 0.15) is 33.6 Å². The Morgan fingerprint density at radius 2 is 1.94 bits per heavy atom. The highest BCUT2D eigenvalue weighted by Gasteiger charge is 2.01. The van der Waals surface area contributed by atoms with Gasteiger partial charge in [0.15, 0.2) is 0 Å². The van der Waals surface area contributed by atoms with Crippen LogP contribution >= 0.6 is 24.2 Å². The number of hydrogen-bond acceptors (Lipinski definition) is 3. The van der Waals surface area contributed by atoms with Gasteiger partial charge in [-0.1, -0.05) is 20.8 Å². The molecule has 17 heavy (non-hydrogen) atoms. The van der Waals surface area contributed by atoms with Gasteiger partial charge < -0.3 is 10.6 Å². The van der Waals surface area contributed by atoms with E-state index in [9.17, 15) is 4.79 Å². The van der Waals surface area contributed by atoms with Crippen molar-refractivity contribution in [1.29, 1.82) is 0 Å². The van der Waals surface area contributed by atoms with Crippen LogP contribution in [0, 0.1) is 5.92 Å². The summed E-state index contributed by atoms with van der Waals surface area (Å²) in [6, 6.07) is 0. The molecular formula is C12H27ClN2OS. The molecule has 0 aromatic rings. The standard InChI is InChI=1S/C12H26N2OS.ClH/c1-4-6-13-7-8-14-12(15)10-16-9-5-11(2)3;/h11,13H,4-10H2,1-3H3,(H,14,15);1H. The lowest BCUT2D eigenvalue weighted by atomic mass is 10.2. The number of rotatable bonds is 10. The van der Waals surface area contributed by atoms with Crippen LogP contribution in [-0.2, 0) is 4.79 Å². The minimum atomic E-state index is 0. The molecule has 0 aliphatic heterocycles. The number of carbonyl (C=O) groups excluding carboxylic acids is 1. The highest BCUT2D eigenvalue weighted by Crippen LogP contribution is 2.07. The van der Waals surface area contributed by atoms with E-state index in [1.54, 1.807) is 11.8 Å². The maximum atomic E-state index is 11.4. The minimum absolute atomic E-state index is 0. The quantitative estimate of drug-likeness (QED) is 0.604. The summed E-state index contributed by atoms with van der Waals surface area (Å²) in [5.41, 5.74) is 0. The third kappa shape index (κ3) is 16.1. The van der Waals surface area contributed by atoms with Crippen molar-refractivity contribution in [2.45, 2.75) is 33.6 Å². The van der Waals surface area contributed by atoms with Crippen LogP contribution in [0.3, 0.4) is 0 Å². The lowest BCUT2D eigenvalue weighted by molar-refractivity contribution is -0.118. The molecule has 0 spiro atoms. The lowest BCUT2D eigenvalue weighted by Crippen LogP contribution is -2.33. The molecule has 0 heterocycles. The Morgan fingerprint density at radius 3 is 2.53 bits per heavy atom. The zero-order valence-electron chi connectivity index (χ0n) is 11.3. The second-order valence-corrected chi connectivity index (χ2v) is 5.44. The molecule has 1 amide bonds. The van der Waals surface area contributed by atoms with Gasteiger partial charge in [-0.15, -0.1) is 12.4 Å². The molecule has 0 saturated carbocycles. The second kappa shape index (κ2) is 14.1. The monoisotopic (exact) mass is 282 g/mol. The fraction of sp³-hybridized carbons (Fsp3) is 0.917. The number of carbonyl (C=O) groups is 1. The van der Waals surface area contributed by atoms with Crippen molar-refractivity contribution in [1.82, 2.24) is 10.6 Å². The Bertz CT molecular complexity index is 180. The molecule has 104 valence electrons. The molecule has 0 bridgehead atoms. The lowest BCUT2D eigenvalue weighted by Gasteiger charge is -2.06. The third-order valence-corrected chi connectivity index (χ3v) is 3.11. The van der Waals surface area contributed by atoms with Crippen molar-refractivity contribution in [3.8, 4) is 0 Å². The SMILES string of the molecule is CCCNCCNC(=O)CSCCC(C)C.Cl. The summed E-state index contributed by atoms with van der Waals surface area (Å²) in [4.78, 5) is 11.4. The van der Waals surface area contributed by atoms with Gasteiger partial charge in [-0.2, -0.15) is 11.8 Å². The Kier molecular flexibility index (Phi) is 16.1. The smallest absolute Gasteiger partial charge is 0.230 e. The van der Waals surface area contributed by atoms with E-state index in [1.165, 1.54) is 6.42 Å². The summed E-state index contributed by atoms with van der Waals surface area (Å²) in [5, 5.41) is 6.16. The first kappa shape index (κ1) is 19.4. The largest absolute Gasteiger partial charge is 0.354 e. The van der Waals surface area contributed by atoms with Crippen molar-refractivity contribution in [2.24, 2.45) is 5.92 Å². The van der Waals surface area contributed by atoms with Gasteiger partial charge in [0.2, 0.25) is 5.91 Å². The van der Waals surface area contributed by atoms with E-state index in [4.69, 9.17) is 0 Å². The van der Waals surface area contributed by atoms with E-state index in [-0.39, 0.29) is 18.3 Å². The maximum absolute atomic E-state index is 11.4. The maximum Gasteiger partial charge on any atom is 0.230 e. The van der Waals surface area contributed by atoms with E-state index < -0.39 is 0 Å². The Morgan fingerprint density at radius 1 is 1.24 bits per heavy atom. The van der Waals surface area contributed by atoms with Crippen molar-refractivity contribution in [3.63, 3.8) is 0 Å². The molecule has 2 N–H and O–H groups in total. The fourth-order valence-corrected chi connectivity index (χ4v) is 2.20. The highest BCUT2D eigenvalue weighted by molar-refractivity contribution is 7.99. The summed E-state index contributed by atoms with van der Waals surface area (Å²) in [6.07, 6.45) is 2.33. The number of halogens is 1. The first-order valence-corrected chi connectivity index (χ1v) is 7.37. The van der Waals surface area contributed by atoms with Crippen molar-refractivity contribution < 1.29 is 4.79 Å². The Labute approximate surface area is 116 Å². The normalized spacial score (nSPS) is 10.1. The second-order valence-electron chi connectivity index (χ2n) is 4.34. The van der Waals surface area contributed by atoms with Crippen LogP contribution in [0.2, 0.25) is 0 Å². The first-order chi connectivity index (χ1) is 7.66. The topological polar surface area (TPSA) is 41.1 Å². The zero-order chi connectivity index (χ0) is 12.2. The highest BCUT2D eigenvalue weighted by atomic mass is 35.5. The Hall–Kier alpha value is 0.0700. The average molecular weight is 283 g/mol. The zero-order valence-corrected chi connectivity index (χ0v) is 12.9. The molecule has 3 nitrogen and oxygen atoms in total. The summed E-state index contributed by atoms with van der Waals surface area (Å²) in [7, 11) is 0. The van der Waals surface area contributed by atoms with Gasteiger partial charge in [0.1, 0.15) is 0 Å². The van der Waals surface area contributed by atoms with Gasteiger partial charge in [0.05, 0.1) is 5.75 Å². The van der Waals surface area contributed by atoms with E-state index in [2.05, 4.69) is 31.4 Å². The molecule has 0 unspecified atom stereocenters. The van der Waals surface area contributed by atoms with Crippen molar-refractivity contribution >= 4 is 30.1 Å². The molecule has 0 saturated heterocycles. The number of hydrogen-bond donors (Lipinski definition) is 2. The van der Waals surface area contributed by atoms with Crippen LogP contribution < -0.4 is 10.6 Å². The molecule has 0 aliphatic carbocycles. The third-order valence-electron chi connectivity index (χ3n) is 2.12. The molecule has 5 heteroatoms. The van der Waals surface area contributed by atoms with E-state index in [1.807, 2.05) is 0 Å². The molecule has 0 rings (SSSR count). The summed E-state index contributed by atoms with van der Waals surface area (Å²) in [5.74, 6) is 2.57. The molecule has 0 fully saturated rings.